The number of alkyl halides is 3. The molecule has 1 aliphatic rings. The van der Waals surface area contributed by atoms with Gasteiger partial charge in [-0.15, -0.1) is 0 Å². The predicted octanol–water partition coefficient (Wildman–Crippen LogP) is 5.78. The van der Waals surface area contributed by atoms with Crippen molar-refractivity contribution in [2.24, 2.45) is 5.92 Å². The number of halogens is 3. The van der Waals surface area contributed by atoms with Crippen LogP contribution in [-0.4, -0.2) is 30.3 Å². The maximum atomic E-state index is 12.8. The molecule has 0 radical (unpaired) electrons. The summed E-state index contributed by atoms with van der Waals surface area (Å²) in [6.07, 6.45) is -3.66. The Hall–Kier alpha value is -2.84. The Balaban J connectivity index is 1.73. The van der Waals surface area contributed by atoms with Crippen LogP contribution in [0, 0.1) is 16.0 Å². The number of fused-ring (bicyclic) bond motifs is 1. The molecule has 1 atom stereocenters. The van der Waals surface area contributed by atoms with Crippen LogP contribution in [0.5, 0.6) is 5.75 Å². The smallest absolute Gasteiger partial charge is 0.391 e. The maximum absolute atomic E-state index is 12.8. The maximum Gasteiger partial charge on any atom is 0.391 e. The van der Waals surface area contributed by atoms with Crippen LogP contribution in [0.1, 0.15) is 51.0 Å². The third-order valence-electron chi connectivity index (χ3n) is 6.32. The molecule has 1 saturated carbocycles. The van der Waals surface area contributed by atoms with Gasteiger partial charge in [0, 0.05) is 23.8 Å². The zero-order valence-corrected chi connectivity index (χ0v) is 18.0. The fourth-order valence-electron chi connectivity index (χ4n) is 4.12. The zero-order chi connectivity index (χ0) is 23.5. The van der Waals surface area contributed by atoms with Crippen molar-refractivity contribution in [2.75, 3.05) is 7.11 Å². The Morgan fingerprint density at radius 3 is 2.31 bits per heavy atom. The molecular formula is C23H26F3NO5. The van der Waals surface area contributed by atoms with Gasteiger partial charge in [0.2, 0.25) is 5.54 Å². The van der Waals surface area contributed by atoms with Crippen molar-refractivity contribution >= 4 is 16.7 Å². The average Bonchev–Trinajstić information content (AvgIpc) is 2.76. The molecule has 6 nitrogen and oxygen atoms in total. The fraction of sp³-hybridized carbons (Fsp3) is 0.522. The van der Waals surface area contributed by atoms with Crippen LogP contribution >= 0.6 is 0 Å². The molecule has 0 bridgehead atoms. The van der Waals surface area contributed by atoms with Gasteiger partial charge < -0.3 is 9.47 Å². The lowest BCUT2D eigenvalue weighted by Gasteiger charge is -2.30. The highest BCUT2D eigenvalue weighted by atomic mass is 19.4. The summed E-state index contributed by atoms with van der Waals surface area (Å²) in [6, 6.07) is 10.4. The second kappa shape index (κ2) is 9.34. The van der Waals surface area contributed by atoms with Crippen molar-refractivity contribution in [3.05, 3.63) is 52.1 Å². The number of hydrogen-bond acceptors (Lipinski definition) is 5. The number of hydrogen-bond donors (Lipinski definition) is 0. The van der Waals surface area contributed by atoms with Gasteiger partial charge in [0.1, 0.15) is 5.75 Å². The van der Waals surface area contributed by atoms with Crippen molar-refractivity contribution in [3.8, 4) is 5.75 Å². The molecule has 0 N–H and O–H groups in total. The van der Waals surface area contributed by atoms with E-state index >= 15 is 0 Å². The summed E-state index contributed by atoms with van der Waals surface area (Å²) >= 11 is 0. The molecule has 1 aliphatic carbocycles. The van der Waals surface area contributed by atoms with Crippen LogP contribution < -0.4 is 4.74 Å². The van der Waals surface area contributed by atoms with Gasteiger partial charge in [-0.1, -0.05) is 18.2 Å². The summed E-state index contributed by atoms with van der Waals surface area (Å²) in [5, 5.41) is 13.3. The first kappa shape index (κ1) is 23.8. The van der Waals surface area contributed by atoms with Gasteiger partial charge in [-0.2, -0.15) is 13.2 Å². The summed E-state index contributed by atoms with van der Waals surface area (Å²) in [4.78, 5) is 22.9. The van der Waals surface area contributed by atoms with Crippen LogP contribution in [-0.2, 0) is 15.1 Å². The molecule has 2 aromatic rings. The predicted molar refractivity (Wildman–Crippen MR) is 112 cm³/mol. The molecule has 0 spiro atoms. The summed E-state index contributed by atoms with van der Waals surface area (Å²) in [7, 11) is 1.24. The highest BCUT2D eigenvalue weighted by Gasteiger charge is 2.42. The van der Waals surface area contributed by atoms with Gasteiger partial charge in [-0.3, -0.25) is 14.9 Å². The molecule has 32 heavy (non-hydrogen) atoms. The number of benzene rings is 2. The number of carbonyl (C=O) groups excluding carboxylic acids is 1. The van der Waals surface area contributed by atoms with Gasteiger partial charge in [0.05, 0.1) is 25.6 Å². The Kier molecular flexibility index (Phi) is 6.95. The number of ether oxygens (including phenoxy) is 2. The minimum Gasteiger partial charge on any atom is -0.490 e. The zero-order valence-electron chi connectivity index (χ0n) is 18.0. The van der Waals surface area contributed by atoms with E-state index in [1.807, 2.05) is 0 Å². The lowest BCUT2D eigenvalue weighted by atomic mass is 9.86. The summed E-state index contributed by atoms with van der Waals surface area (Å²) in [6.45, 7) is 1.48. The largest absolute Gasteiger partial charge is 0.490 e. The highest BCUT2D eigenvalue weighted by Crippen LogP contribution is 2.39. The van der Waals surface area contributed by atoms with Crippen LogP contribution in [0.4, 0.5) is 13.2 Å². The number of nitro groups is 1. The second-order valence-corrected chi connectivity index (χ2v) is 8.46. The molecule has 0 saturated heterocycles. The summed E-state index contributed by atoms with van der Waals surface area (Å²) < 4.78 is 49.0. The van der Waals surface area contributed by atoms with Crippen molar-refractivity contribution in [1.82, 2.24) is 0 Å². The van der Waals surface area contributed by atoms with E-state index in [0.29, 0.717) is 24.2 Å². The Morgan fingerprint density at radius 1 is 1.09 bits per heavy atom. The fourth-order valence-corrected chi connectivity index (χ4v) is 4.12. The van der Waals surface area contributed by atoms with Crippen LogP contribution in [0.25, 0.3) is 10.8 Å². The topological polar surface area (TPSA) is 78.7 Å². The Morgan fingerprint density at radius 2 is 1.72 bits per heavy atom. The van der Waals surface area contributed by atoms with E-state index in [9.17, 15) is 28.1 Å². The normalized spacial score (nSPS) is 21.0. The lowest BCUT2D eigenvalue weighted by Crippen LogP contribution is -2.32. The Bertz CT molecular complexity index is 985. The quantitative estimate of drug-likeness (QED) is 0.301. The van der Waals surface area contributed by atoms with Gasteiger partial charge in [-0.05, 0) is 54.7 Å². The molecule has 0 aliphatic heterocycles. The van der Waals surface area contributed by atoms with E-state index in [1.165, 1.54) is 14.0 Å². The van der Waals surface area contributed by atoms with Crippen LogP contribution in [0.3, 0.4) is 0 Å². The monoisotopic (exact) mass is 453 g/mol. The number of nitrogens with zero attached hydrogens (tertiary/aromatic N) is 1. The third-order valence-corrected chi connectivity index (χ3v) is 6.32. The summed E-state index contributed by atoms with van der Waals surface area (Å²) in [5.74, 6) is -1.21. The highest BCUT2D eigenvalue weighted by molar-refractivity contribution is 5.84. The van der Waals surface area contributed by atoms with Gasteiger partial charge in [-0.25, -0.2) is 0 Å². The van der Waals surface area contributed by atoms with Crippen molar-refractivity contribution in [1.29, 1.82) is 0 Å². The van der Waals surface area contributed by atoms with E-state index < -0.39 is 28.5 Å². The molecule has 2 aromatic carbocycles. The molecule has 1 unspecified atom stereocenters. The lowest BCUT2D eigenvalue weighted by molar-refractivity contribution is -0.575. The Labute approximate surface area is 183 Å². The minimum absolute atomic E-state index is 0.0000253. The van der Waals surface area contributed by atoms with E-state index in [2.05, 4.69) is 4.74 Å². The number of methoxy groups -OCH3 is 1. The number of rotatable bonds is 7. The first-order valence-corrected chi connectivity index (χ1v) is 10.5. The van der Waals surface area contributed by atoms with E-state index in [4.69, 9.17) is 4.74 Å². The molecule has 0 heterocycles. The third kappa shape index (κ3) is 5.31. The van der Waals surface area contributed by atoms with Gasteiger partial charge >= 0.3 is 12.1 Å². The number of carbonyl (C=O) groups is 1. The first-order valence-electron chi connectivity index (χ1n) is 10.5. The molecule has 9 heteroatoms. The summed E-state index contributed by atoms with van der Waals surface area (Å²) in [5.41, 5.74) is -0.979. The average molecular weight is 453 g/mol. The molecular weight excluding hydrogens is 427 g/mol. The molecule has 0 amide bonds. The standard InChI is InChI=1S/C23H26F3NO5/c1-22(27(29)30,12-11-21(28)31-2)18-5-3-16-14-20(8-4-15(16)13-18)32-19-9-6-17(7-10-19)23(24,25)26/h3-5,8,13-14,17,19H,6-7,9-12H2,1-2H3. The van der Waals surface area contributed by atoms with Gasteiger partial charge in [0.15, 0.2) is 0 Å². The molecule has 0 aromatic heterocycles. The van der Waals surface area contributed by atoms with E-state index in [-0.39, 0.29) is 31.8 Å². The SMILES string of the molecule is COC(=O)CCC(C)(c1ccc2cc(OC3CCC(C(F)(F)F)CC3)ccc2c1)[N+](=O)[O-]. The van der Waals surface area contributed by atoms with Crippen molar-refractivity contribution in [3.63, 3.8) is 0 Å². The van der Waals surface area contributed by atoms with Crippen molar-refractivity contribution < 1.29 is 32.4 Å². The molecule has 1 fully saturated rings. The van der Waals surface area contributed by atoms with Crippen LogP contribution in [0.15, 0.2) is 36.4 Å². The molecule has 3 rings (SSSR count). The minimum atomic E-state index is -4.15. The first-order chi connectivity index (χ1) is 15.0. The van der Waals surface area contributed by atoms with Crippen LogP contribution in [0.2, 0.25) is 0 Å². The molecule has 174 valence electrons. The van der Waals surface area contributed by atoms with E-state index in [1.54, 1.807) is 36.4 Å². The van der Waals surface area contributed by atoms with Crippen molar-refractivity contribution in [2.45, 2.75) is 63.3 Å². The van der Waals surface area contributed by atoms with E-state index in [0.717, 1.165) is 10.8 Å². The second-order valence-electron chi connectivity index (χ2n) is 8.46. The van der Waals surface area contributed by atoms with Gasteiger partial charge in [0.25, 0.3) is 0 Å². The number of esters is 1.